The van der Waals surface area contributed by atoms with Gasteiger partial charge in [0.15, 0.2) is 0 Å². The Morgan fingerprint density at radius 3 is 2.74 bits per heavy atom. The molecule has 152 valence electrons. The molecule has 4 aromatic rings. The Balaban J connectivity index is 1.67. The number of nitrogens with zero attached hydrogens (tertiary/aromatic N) is 3. The number of fused-ring (bicyclic) bond motifs is 1. The van der Waals surface area contributed by atoms with E-state index in [2.05, 4.69) is 16.4 Å². The zero-order valence-electron chi connectivity index (χ0n) is 15.5. The largest absolute Gasteiger partial charge is 0.422 e. The van der Waals surface area contributed by atoms with Gasteiger partial charge in [0.1, 0.15) is 22.2 Å². The van der Waals surface area contributed by atoms with Crippen molar-refractivity contribution < 1.29 is 9.34 Å². The van der Waals surface area contributed by atoms with Crippen molar-refractivity contribution in [1.82, 2.24) is 4.98 Å². The van der Waals surface area contributed by atoms with E-state index in [0.29, 0.717) is 21.1 Å². The molecule has 0 aliphatic heterocycles. The van der Waals surface area contributed by atoms with Crippen LogP contribution in [0.2, 0.25) is 5.02 Å². The molecule has 8 nitrogen and oxygen atoms in total. The Bertz CT molecular complexity index is 1430. The minimum absolute atomic E-state index is 0.116. The lowest BCUT2D eigenvalue weighted by Crippen LogP contribution is -2.03. The molecule has 0 unspecified atom stereocenters. The van der Waals surface area contributed by atoms with Gasteiger partial charge in [0.25, 0.3) is 5.69 Å². The molecule has 0 radical (unpaired) electrons. The summed E-state index contributed by atoms with van der Waals surface area (Å²) in [6, 6.07) is 14.5. The predicted octanol–water partition coefficient (Wildman–Crippen LogP) is 5.45. The number of non-ortho nitro benzene ring substituents is 1. The number of nitro benzene ring substituents is 1. The van der Waals surface area contributed by atoms with E-state index in [9.17, 15) is 20.2 Å². The van der Waals surface area contributed by atoms with Crippen LogP contribution in [0.1, 0.15) is 5.01 Å². The number of thiazole rings is 1. The first-order valence-corrected chi connectivity index (χ1v) is 10.0. The molecule has 0 fully saturated rings. The first-order valence-electron chi connectivity index (χ1n) is 8.75. The first-order chi connectivity index (χ1) is 14.9. The van der Waals surface area contributed by atoms with Crippen molar-refractivity contribution in [3.63, 3.8) is 0 Å². The van der Waals surface area contributed by atoms with Crippen LogP contribution in [-0.2, 0) is 0 Å². The summed E-state index contributed by atoms with van der Waals surface area (Å²) in [6.45, 7) is 0. The van der Waals surface area contributed by atoms with E-state index in [-0.39, 0.29) is 22.4 Å². The van der Waals surface area contributed by atoms with Crippen LogP contribution in [0.3, 0.4) is 0 Å². The highest BCUT2D eigenvalue weighted by Gasteiger charge is 2.15. The molecular weight excluding hydrogens is 440 g/mol. The molecule has 2 aromatic carbocycles. The summed E-state index contributed by atoms with van der Waals surface area (Å²) in [5, 5.41) is 26.5. The number of nitro groups is 1. The van der Waals surface area contributed by atoms with E-state index in [4.69, 9.17) is 16.0 Å². The van der Waals surface area contributed by atoms with Crippen LogP contribution in [0.15, 0.2) is 69.3 Å². The molecular formula is C21H11ClN4O4S. The number of hydrogen-bond donors (Lipinski definition) is 1. The van der Waals surface area contributed by atoms with E-state index < -0.39 is 10.5 Å². The topological polar surface area (TPSA) is 122 Å². The second-order valence-electron chi connectivity index (χ2n) is 6.29. The number of benzene rings is 2. The first kappa shape index (κ1) is 20.3. The Labute approximate surface area is 183 Å². The number of allylic oxidation sites excluding steroid dienone is 1. The fourth-order valence-electron chi connectivity index (χ4n) is 2.77. The lowest BCUT2D eigenvalue weighted by molar-refractivity contribution is -0.384. The lowest BCUT2D eigenvalue weighted by Gasteiger charge is -2.01. The Morgan fingerprint density at radius 2 is 2.03 bits per heavy atom. The van der Waals surface area contributed by atoms with Crippen LogP contribution < -0.4 is 10.9 Å². The summed E-state index contributed by atoms with van der Waals surface area (Å²) in [4.78, 5) is 27.3. The maximum absolute atomic E-state index is 12.4. The number of hydrogen-bond acceptors (Lipinski definition) is 8. The third-order valence-corrected chi connectivity index (χ3v) is 5.41. The van der Waals surface area contributed by atoms with Crippen LogP contribution in [0, 0.1) is 21.4 Å². The van der Waals surface area contributed by atoms with Crippen molar-refractivity contribution in [2.75, 3.05) is 5.32 Å². The van der Waals surface area contributed by atoms with Gasteiger partial charge in [0, 0.05) is 39.8 Å². The molecule has 0 spiro atoms. The van der Waals surface area contributed by atoms with Crippen LogP contribution in [0.25, 0.3) is 27.8 Å². The molecule has 4 rings (SSSR count). The van der Waals surface area contributed by atoms with Gasteiger partial charge in [-0.3, -0.25) is 10.1 Å². The Hall–Kier alpha value is -4.00. The van der Waals surface area contributed by atoms with Crippen molar-refractivity contribution >= 4 is 50.9 Å². The van der Waals surface area contributed by atoms with Crippen molar-refractivity contribution in [3.8, 4) is 17.3 Å². The SMILES string of the molecule is N#CC(=CNc1ccc(Cl)cc1)c1nc(-c2cc3cc([N+](=O)[O-])ccc3oc2=O)cs1. The van der Waals surface area contributed by atoms with Crippen molar-refractivity contribution in [2.24, 2.45) is 0 Å². The highest BCUT2D eigenvalue weighted by molar-refractivity contribution is 7.11. The second kappa shape index (κ2) is 8.39. The molecule has 2 heterocycles. The molecule has 0 aliphatic carbocycles. The quantitative estimate of drug-likeness (QED) is 0.185. The molecule has 31 heavy (non-hydrogen) atoms. The Morgan fingerprint density at radius 1 is 1.26 bits per heavy atom. The van der Waals surface area contributed by atoms with Crippen molar-refractivity contribution in [1.29, 1.82) is 5.26 Å². The van der Waals surface area contributed by atoms with Gasteiger partial charge in [-0.2, -0.15) is 5.26 Å². The van der Waals surface area contributed by atoms with Crippen LogP contribution in [-0.4, -0.2) is 9.91 Å². The minimum Gasteiger partial charge on any atom is -0.422 e. The molecule has 1 N–H and O–H groups in total. The number of rotatable bonds is 5. The normalized spacial score (nSPS) is 11.3. The van der Waals surface area contributed by atoms with Gasteiger partial charge < -0.3 is 9.73 Å². The van der Waals surface area contributed by atoms with E-state index in [1.807, 2.05) is 0 Å². The lowest BCUT2D eigenvalue weighted by atomic mass is 10.1. The molecule has 0 aliphatic rings. The number of nitrogens with one attached hydrogen (secondary N) is 1. The third kappa shape index (κ3) is 4.30. The average molecular weight is 451 g/mol. The molecule has 10 heteroatoms. The molecule has 0 saturated carbocycles. The molecule has 0 amide bonds. The molecule has 2 aromatic heterocycles. The highest BCUT2D eigenvalue weighted by atomic mass is 35.5. The minimum atomic E-state index is -0.625. The maximum atomic E-state index is 12.4. The van der Waals surface area contributed by atoms with Crippen molar-refractivity contribution in [3.05, 3.63) is 90.7 Å². The van der Waals surface area contributed by atoms with Crippen LogP contribution >= 0.6 is 22.9 Å². The van der Waals surface area contributed by atoms with Gasteiger partial charge in [-0.15, -0.1) is 11.3 Å². The number of aromatic nitrogens is 1. The smallest absolute Gasteiger partial charge is 0.345 e. The van der Waals surface area contributed by atoms with Gasteiger partial charge in [-0.25, -0.2) is 9.78 Å². The zero-order chi connectivity index (χ0) is 22.0. The van der Waals surface area contributed by atoms with Crippen molar-refractivity contribution in [2.45, 2.75) is 0 Å². The van der Waals surface area contributed by atoms with Crippen LogP contribution in [0.5, 0.6) is 0 Å². The summed E-state index contributed by atoms with van der Waals surface area (Å²) in [6.07, 6.45) is 1.51. The predicted molar refractivity (Wildman–Crippen MR) is 119 cm³/mol. The van der Waals surface area contributed by atoms with E-state index in [1.54, 1.807) is 29.6 Å². The van der Waals surface area contributed by atoms with E-state index >= 15 is 0 Å². The molecule has 0 saturated heterocycles. The second-order valence-corrected chi connectivity index (χ2v) is 7.58. The Kier molecular flexibility index (Phi) is 5.49. The average Bonchev–Trinajstić information content (AvgIpc) is 3.24. The standard InChI is InChI=1S/C21H11ClN4O4S/c22-14-1-3-15(4-2-14)24-10-13(9-23)20-25-18(11-31-20)17-8-12-7-16(26(28)29)5-6-19(12)30-21(17)27/h1-8,10-11,24H. The molecule has 0 atom stereocenters. The van der Waals surface area contributed by atoms with Gasteiger partial charge in [0.2, 0.25) is 0 Å². The summed E-state index contributed by atoms with van der Waals surface area (Å²) in [7, 11) is 0. The van der Waals surface area contributed by atoms with Gasteiger partial charge in [-0.05, 0) is 36.4 Å². The number of halogens is 1. The highest BCUT2D eigenvalue weighted by Crippen LogP contribution is 2.28. The summed E-state index contributed by atoms with van der Waals surface area (Å²) in [5.74, 6) is 0. The molecule has 0 bridgehead atoms. The fraction of sp³-hybridized carbons (Fsp3) is 0. The summed E-state index contributed by atoms with van der Waals surface area (Å²) in [5.41, 5.74) is 0.972. The number of anilines is 1. The van der Waals surface area contributed by atoms with Gasteiger partial charge >= 0.3 is 5.63 Å². The van der Waals surface area contributed by atoms with E-state index in [0.717, 1.165) is 5.69 Å². The zero-order valence-corrected chi connectivity index (χ0v) is 17.1. The van der Waals surface area contributed by atoms with Gasteiger partial charge in [-0.1, -0.05) is 11.6 Å². The summed E-state index contributed by atoms with van der Waals surface area (Å²) < 4.78 is 5.28. The van der Waals surface area contributed by atoms with Gasteiger partial charge in [0.05, 0.1) is 16.2 Å². The maximum Gasteiger partial charge on any atom is 0.345 e. The number of nitriles is 1. The fourth-order valence-corrected chi connectivity index (χ4v) is 3.68. The third-order valence-electron chi connectivity index (χ3n) is 4.28. The van der Waals surface area contributed by atoms with Crippen LogP contribution in [0.4, 0.5) is 11.4 Å². The monoisotopic (exact) mass is 450 g/mol. The summed E-state index contributed by atoms with van der Waals surface area (Å²) >= 11 is 7.05. The van der Waals surface area contributed by atoms with E-state index in [1.165, 1.54) is 41.8 Å².